The van der Waals surface area contributed by atoms with Gasteiger partial charge in [0.25, 0.3) is 0 Å². The van der Waals surface area contributed by atoms with Crippen LogP contribution in [0, 0.1) is 19.7 Å². The first-order chi connectivity index (χ1) is 9.56. The fourth-order valence-electron chi connectivity index (χ4n) is 1.78. The van der Waals surface area contributed by atoms with Crippen molar-refractivity contribution in [1.82, 2.24) is 0 Å². The lowest BCUT2D eigenvalue weighted by Gasteiger charge is -2.02. The molecular weight excluding hydrogens is 253 g/mol. The first-order valence-corrected chi connectivity index (χ1v) is 6.36. The number of rotatable bonds is 4. The Kier molecular flexibility index (Phi) is 4.31. The van der Waals surface area contributed by atoms with E-state index in [1.807, 2.05) is 26.0 Å². The largest absolute Gasteiger partial charge is 0.361 e. The molecular formula is C17H16FNO. The van der Waals surface area contributed by atoms with Crippen LogP contribution in [0.4, 0.5) is 10.1 Å². The summed E-state index contributed by atoms with van der Waals surface area (Å²) in [5, 5.41) is 2.87. The molecule has 0 aliphatic heterocycles. The summed E-state index contributed by atoms with van der Waals surface area (Å²) in [6.07, 6.45) is 2.96. The Morgan fingerprint density at radius 2 is 1.90 bits per heavy atom. The summed E-state index contributed by atoms with van der Waals surface area (Å²) in [5.74, 6) is -0.402. The van der Waals surface area contributed by atoms with Crippen molar-refractivity contribution in [2.45, 2.75) is 13.8 Å². The first-order valence-electron chi connectivity index (χ1n) is 6.36. The SMILES string of the molecule is Cc1ccc(C(=O)/C=C\Nc2cccc(F)c2)cc1C. The van der Waals surface area contributed by atoms with E-state index in [1.54, 1.807) is 18.2 Å². The van der Waals surface area contributed by atoms with Gasteiger partial charge in [-0.2, -0.15) is 0 Å². The van der Waals surface area contributed by atoms with Crippen molar-refractivity contribution in [1.29, 1.82) is 0 Å². The summed E-state index contributed by atoms with van der Waals surface area (Å²) in [5.41, 5.74) is 3.49. The second-order valence-electron chi connectivity index (χ2n) is 4.65. The van der Waals surface area contributed by atoms with Crippen molar-refractivity contribution >= 4 is 11.5 Å². The smallest absolute Gasteiger partial charge is 0.187 e. The van der Waals surface area contributed by atoms with Crippen molar-refractivity contribution < 1.29 is 9.18 Å². The number of nitrogens with one attached hydrogen (secondary N) is 1. The fraction of sp³-hybridized carbons (Fsp3) is 0.118. The van der Waals surface area contributed by atoms with Gasteiger partial charge in [-0.05, 0) is 49.2 Å². The zero-order valence-electron chi connectivity index (χ0n) is 11.5. The molecule has 20 heavy (non-hydrogen) atoms. The monoisotopic (exact) mass is 269 g/mol. The highest BCUT2D eigenvalue weighted by Gasteiger charge is 2.02. The number of allylic oxidation sites excluding steroid dienone is 1. The van der Waals surface area contributed by atoms with Crippen LogP contribution in [0.2, 0.25) is 0 Å². The number of aryl methyl sites for hydroxylation is 2. The van der Waals surface area contributed by atoms with Crippen LogP contribution in [-0.2, 0) is 0 Å². The molecule has 0 atom stereocenters. The third kappa shape index (κ3) is 3.54. The number of carbonyl (C=O) groups excluding carboxylic acids is 1. The molecule has 0 radical (unpaired) electrons. The van der Waals surface area contributed by atoms with Crippen molar-refractivity contribution in [3.05, 3.63) is 77.2 Å². The van der Waals surface area contributed by atoms with Gasteiger partial charge in [-0.1, -0.05) is 18.2 Å². The van der Waals surface area contributed by atoms with E-state index in [0.717, 1.165) is 11.1 Å². The minimum atomic E-state index is -0.316. The zero-order valence-corrected chi connectivity index (χ0v) is 11.5. The van der Waals surface area contributed by atoms with Crippen molar-refractivity contribution in [3.63, 3.8) is 0 Å². The summed E-state index contributed by atoms with van der Waals surface area (Å²) in [6, 6.07) is 11.7. The highest BCUT2D eigenvalue weighted by molar-refractivity contribution is 6.04. The van der Waals surface area contributed by atoms with Crippen LogP contribution in [0.3, 0.4) is 0 Å². The molecule has 0 aliphatic carbocycles. The topological polar surface area (TPSA) is 29.1 Å². The summed E-state index contributed by atoms with van der Waals surface area (Å²) in [4.78, 5) is 12.0. The van der Waals surface area contributed by atoms with Gasteiger partial charge in [0.2, 0.25) is 0 Å². The molecule has 2 aromatic rings. The number of ketones is 1. The van der Waals surface area contributed by atoms with Gasteiger partial charge in [0.15, 0.2) is 5.78 Å². The molecule has 3 heteroatoms. The van der Waals surface area contributed by atoms with E-state index in [2.05, 4.69) is 5.32 Å². The highest BCUT2D eigenvalue weighted by atomic mass is 19.1. The molecule has 1 N–H and O–H groups in total. The van der Waals surface area contributed by atoms with E-state index in [4.69, 9.17) is 0 Å². The lowest BCUT2D eigenvalue weighted by atomic mass is 10.0. The standard InChI is InChI=1S/C17H16FNO/c1-12-6-7-14(10-13(12)2)17(20)8-9-19-16-5-3-4-15(18)11-16/h3-11,19H,1-2H3/b9-8-. The normalized spacial score (nSPS) is 10.8. The molecule has 2 aromatic carbocycles. The van der Waals surface area contributed by atoms with Gasteiger partial charge in [0.1, 0.15) is 5.82 Å². The van der Waals surface area contributed by atoms with Crippen LogP contribution in [-0.4, -0.2) is 5.78 Å². The number of benzene rings is 2. The number of halogens is 1. The summed E-state index contributed by atoms with van der Waals surface area (Å²) >= 11 is 0. The molecule has 0 unspecified atom stereocenters. The molecule has 102 valence electrons. The Bertz CT molecular complexity index is 662. The summed E-state index contributed by atoms with van der Waals surface area (Å²) in [7, 11) is 0. The predicted molar refractivity (Wildman–Crippen MR) is 79.4 cm³/mol. The maximum Gasteiger partial charge on any atom is 0.187 e. The molecule has 2 rings (SSSR count). The fourth-order valence-corrected chi connectivity index (χ4v) is 1.78. The van der Waals surface area contributed by atoms with Gasteiger partial charge >= 0.3 is 0 Å². The average molecular weight is 269 g/mol. The molecule has 2 nitrogen and oxygen atoms in total. The Hall–Kier alpha value is -2.42. The van der Waals surface area contributed by atoms with Crippen LogP contribution < -0.4 is 5.32 Å². The van der Waals surface area contributed by atoms with Crippen LogP contribution in [0.25, 0.3) is 0 Å². The number of anilines is 1. The Morgan fingerprint density at radius 1 is 1.10 bits per heavy atom. The summed E-state index contributed by atoms with van der Waals surface area (Å²) < 4.78 is 13.0. The molecule has 0 fully saturated rings. The highest BCUT2D eigenvalue weighted by Crippen LogP contribution is 2.12. The van der Waals surface area contributed by atoms with Crippen LogP contribution in [0.5, 0.6) is 0 Å². The van der Waals surface area contributed by atoms with Crippen LogP contribution in [0.1, 0.15) is 21.5 Å². The van der Waals surface area contributed by atoms with E-state index in [9.17, 15) is 9.18 Å². The molecule has 0 heterocycles. The lowest BCUT2D eigenvalue weighted by molar-refractivity contribution is 0.104. The second-order valence-corrected chi connectivity index (χ2v) is 4.65. The predicted octanol–water partition coefficient (Wildman–Crippen LogP) is 4.25. The van der Waals surface area contributed by atoms with E-state index >= 15 is 0 Å². The van der Waals surface area contributed by atoms with Gasteiger partial charge in [-0.3, -0.25) is 4.79 Å². The summed E-state index contributed by atoms with van der Waals surface area (Å²) in [6.45, 7) is 3.98. The molecule has 0 amide bonds. The van der Waals surface area contributed by atoms with Crippen molar-refractivity contribution in [3.8, 4) is 0 Å². The number of hydrogen-bond acceptors (Lipinski definition) is 2. The molecule has 0 spiro atoms. The lowest BCUT2D eigenvalue weighted by Crippen LogP contribution is -1.97. The second kappa shape index (κ2) is 6.15. The quantitative estimate of drug-likeness (QED) is 0.664. The zero-order chi connectivity index (χ0) is 14.5. The Labute approximate surface area is 118 Å². The van der Waals surface area contributed by atoms with Crippen molar-refractivity contribution in [2.75, 3.05) is 5.32 Å². The van der Waals surface area contributed by atoms with E-state index in [1.165, 1.54) is 24.4 Å². The number of carbonyl (C=O) groups is 1. The maximum absolute atomic E-state index is 13.0. The minimum Gasteiger partial charge on any atom is -0.361 e. The maximum atomic E-state index is 13.0. The van der Waals surface area contributed by atoms with Gasteiger partial charge in [-0.15, -0.1) is 0 Å². The minimum absolute atomic E-state index is 0.0861. The molecule has 0 aromatic heterocycles. The van der Waals surface area contributed by atoms with Gasteiger partial charge in [-0.25, -0.2) is 4.39 Å². The average Bonchev–Trinajstić information content (AvgIpc) is 2.42. The third-order valence-corrected chi connectivity index (χ3v) is 3.10. The van der Waals surface area contributed by atoms with E-state index in [-0.39, 0.29) is 11.6 Å². The molecule has 0 bridgehead atoms. The van der Waals surface area contributed by atoms with E-state index in [0.29, 0.717) is 11.3 Å². The Balaban J connectivity index is 2.04. The van der Waals surface area contributed by atoms with Gasteiger partial charge in [0.05, 0.1) is 0 Å². The van der Waals surface area contributed by atoms with E-state index < -0.39 is 0 Å². The number of hydrogen-bond donors (Lipinski definition) is 1. The van der Waals surface area contributed by atoms with Crippen molar-refractivity contribution in [2.24, 2.45) is 0 Å². The van der Waals surface area contributed by atoms with Crippen LogP contribution in [0.15, 0.2) is 54.7 Å². The third-order valence-electron chi connectivity index (χ3n) is 3.10. The van der Waals surface area contributed by atoms with Crippen LogP contribution >= 0.6 is 0 Å². The van der Waals surface area contributed by atoms with Gasteiger partial charge < -0.3 is 5.32 Å². The molecule has 0 saturated heterocycles. The molecule has 0 aliphatic rings. The molecule has 0 saturated carbocycles. The van der Waals surface area contributed by atoms with Gasteiger partial charge in [0, 0.05) is 23.5 Å². The Morgan fingerprint density at radius 3 is 2.60 bits per heavy atom. The first kappa shape index (κ1) is 14.0.